The predicted molar refractivity (Wildman–Crippen MR) is 100 cm³/mol. The Hall–Kier alpha value is -3.89. The van der Waals surface area contributed by atoms with Gasteiger partial charge >= 0.3 is 5.97 Å². The molecule has 1 aromatic carbocycles. The molecule has 0 aliphatic carbocycles. The van der Waals surface area contributed by atoms with Crippen molar-refractivity contribution in [1.82, 2.24) is 9.97 Å². The van der Waals surface area contributed by atoms with Crippen molar-refractivity contribution in [2.24, 2.45) is 0 Å². The van der Waals surface area contributed by atoms with Crippen LogP contribution in [0.3, 0.4) is 0 Å². The van der Waals surface area contributed by atoms with E-state index in [1.165, 1.54) is 25.4 Å². The number of ether oxygens (including phenoxy) is 1. The average molecular weight is 399 g/mol. The van der Waals surface area contributed by atoms with Crippen LogP contribution in [0.15, 0.2) is 24.5 Å². The monoisotopic (exact) mass is 399 g/mol. The highest BCUT2D eigenvalue weighted by molar-refractivity contribution is 6.19. The number of carbonyl (C=O) groups excluding carboxylic acids is 3. The summed E-state index contributed by atoms with van der Waals surface area (Å²) in [6.45, 7) is 4.62. The van der Waals surface area contributed by atoms with Crippen LogP contribution >= 0.6 is 0 Å². The molecule has 11 heteroatoms. The molecule has 2 N–H and O–H groups in total. The summed E-state index contributed by atoms with van der Waals surface area (Å²) in [7, 11) is 0. The van der Waals surface area contributed by atoms with E-state index in [1.807, 2.05) is 0 Å². The fourth-order valence-electron chi connectivity index (χ4n) is 2.91. The number of hydrogen-bond acceptors (Lipinski definition) is 8. The molecule has 0 saturated carbocycles. The SMILES string of the molecule is CCOC(=O)C1(C)C(=O)Nc2cc(NC(=O)c3cnc(C)nc3)c([N+](=O)[O-])cc21. The van der Waals surface area contributed by atoms with E-state index >= 15 is 0 Å². The third-order valence-electron chi connectivity index (χ3n) is 4.55. The molecule has 0 fully saturated rings. The smallest absolute Gasteiger partial charge is 0.326 e. The Bertz CT molecular complexity index is 1040. The minimum atomic E-state index is -1.73. The van der Waals surface area contributed by atoms with Gasteiger partial charge in [0.05, 0.1) is 17.1 Å². The molecule has 0 spiro atoms. The summed E-state index contributed by atoms with van der Waals surface area (Å²) in [5.41, 5.74) is -1.98. The van der Waals surface area contributed by atoms with E-state index < -0.39 is 33.8 Å². The molecule has 1 atom stereocenters. The van der Waals surface area contributed by atoms with E-state index in [0.717, 1.165) is 6.07 Å². The standard InChI is InChI=1S/C18H17N5O6/c1-4-29-17(26)18(3)11-5-14(23(27)28)13(6-12(11)22-16(18)25)21-15(24)10-7-19-9(2)20-8-10/h5-8H,4H2,1-3H3,(H,21,24)(H,22,25). The summed E-state index contributed by atoms with van der Waals surface area (Å²) in [6, 6.07) is 2.33. The number of benzene rings is 1. The summed E-state index contributed by atoms with van der Waals surface area (Å²) in [5.74, 6) is -1.69. The maximum absolute atomic E-state index is 12.5. The van der Waals surface area contributed by atoms with Crippen LogP contribution in [0, 0.1) is 17.0 Å². The highest BCUT2D eigenvalue weighted by atomic mass is 16.6. The van der Waals surface area contributed by atoms with Gasteiger partial charge in [0.2, 0.25) is 5.91 Å². The van der Waals surface area contributed by atoms with Gasteiger partial charge in [-0.3, -0.25) is 24.5 Å². The molecule has 11 nitrogen and oxygen atoms in total. The molecule has 2 amide bonds. The lowest BCUT2D eigenvalue weighted by Crippen LogP contribution is -2.40. The third-order valence-corrected chi connectivity index (χ3v) is 4.55. The van der Waals surface area contributed by atoms with E-state index in [-0.39, 0.29) is 29.1 Å². The molecule has 1 aliphatic heterocycles. The van der Waals surface area contributed by atoms with Gasteiger partial charge in [-0.2, -0.15) is 0 Å². The van der Waals surface area contributed by atoms with Crippen LogP contribution in [0.2, 0.25) is 0 Å². The molecule has 0 saturated heterocycles. The summed E-state index contributed by atoms with van der Waals surface area (Å²) in [6.07, 6.45) is 2.58. The highest BCUT2D eigenvalue weighted by Gasteiger charge is 2.51. The number of nitro groups is 1. The Kier molecular flexibility index (Phi) is 4.97. The second-order valence-electron chi connectivity index (χ2n) is 6.44. The lowest BCUT2D eigenvalue weighted by Gasteiger charge is -2.19. The number of nitrogens with one attached hydrogen (secondary N) is 2. The molecule has 1 unspecified atom stereocenters. The molecule has 29 heavy (non-hydrogen) atoms. The zero-order chi connectivity index (χ0) is 21.3. The second kappa shape index (κ2) is 7.26. The van der Waals surface area contributed by atoms with Crippen LogP contribution in [-0.4, -0.2) is 39.3 Å². The van der Waals surface area contributed by atoms with Gasteiger partial charge in [-0.15, -0.1) is 0 Å². The third kappa shape index (κ3) is 3.37. The Morgan fingerprint density at radius 2 is 1.97 bits per heavy atom. The summed E-state index contributed by atoms with van der Waals surface area (Å²) < 4.78 is 4.97. The van der Waals surface area contributed by atoms with Crippen LogP contribution in [0.25, 0.3) is 0 Å². The maximum Gasteiger partial charge on any atom is 0.326 e. The molecule has 0 bridgehead atoms. The minimum absolute atomic E-state index is 0.0475. The summed E-state index contributed by atoms with van der Waals surface area (Å²) in [4.78, 5) is 55.9. The van der Waals surface area contributed by atoms with Crippen LogP contribution in [0.4, 0.5) is 17.1 Å². The van der Waals surface area contributed by atoms with E-state index in [9.17, 15) is 24.5 Å². The number of fused-ring (bicyclic) bond motifs is 1. The van der Waals surface area contributed by atoms with Crippen LogP contribution in [-0.2, 0) is 19.7 Å². The molecular weight excluding hydrogens is 382 g/mol. The predicted octanol–water partition coefficient (Wildman–Crippen LogP) is 1.72. The molecule has 1 aromatic heterocycles. The number of anilines is 2. The fourth-order valence-corrected chi connectivity index (χ4v) is 2.91. The van der Waals surface area contributed by atoms with Crippen molar-refractivity contribution in [3.05, 3.63) is 51.6 Å². The van der Waals surface area contributed by atoms with Crippen molar-refractivity contribution in [3.63, 3.8) is 0 Å². The van der Waals surface area contributed by atoms with E-state index in [1.54, 1.807) is 13.8 Å². The zero-order valence-corrected chi connectivity index (χ0v) is 15.8. The van der Waals surface area contributed by atoms with Crippen LogP contribution in [0.1, 0.15) is 35.6 Å². The van der Waals surface area contributed by atoms with Crippen LogP contribution < -0.4 is 10.6 Å². The Morgan fingerprint density at radius 1 is 1.31 bits per heavy atom. The van der Waals surface area contributed by atoms with Crippen molar-refractivity contribution in [2.45, 2.75) is 26.2 Å². The lowest BCUT2D eigenvalue weighted by molar-refractivity contribution is -0.384. The maximum atomic E-state index is 12.5. The molecule has 150 valence electrons. The number of esters is 1. The van der Waals surface area contributed by atoms with E-state index in [0.29, 0.717) is 5.82 Å². The number of hydrogen-bond donors (Lipinski definition) is 2. The average Bonchev–Trinajstić information content (AvgIpc) is 2.92. The van der Waals surface area contributed by atoms with Crippen LogP contribution in [0.5, 0.6) is 0 Å². The van der Waals surface area contributed by atoms with Crippen molar-refractivity contribution < 1.29 is 24.0 Å². The molecule has 3 rings (SSSR count). The first-order chi connectivity index (χ1) is 13.7. The summed E-state index contributed by atoms with van der Waals surface area (Å²) in [5, 5.41) is 16.5. The highest BCUT2D eigenvalue weighted by Crippen LogP contribution is 2.43. The lowest BCUT2D eigenvalue weighted by atomic mass is 9.83. The number of aryl methyl sites for hydroxylation is 1. The van der Waals surface area contributed by atoms with Crippen molar-refractivity contribution in [2.75, 3.05) is 17.2 Å². The Labute approximate surface area is 164 Å². The van der Waals surface area contributed by atoms with Gasteiger partial charge in [0.25, 0.3) is 11.6 Å². The quantitative estimate of drug-likeness (QED) is 0.333. The van der Waals surface area contributed by atoms with E-state index in [4.69, 9.17) is 4.74 Å². The first kappa shape index (κ1) is 19.9. The Morgan fingerprint density at radius 3 is 2.55 bits per heavy atom. The number of nitro benzene ring substituents is 1. The molecular formula is C18H17N5O6. The van der Waals surface area contributed by atoms with Crippen molar-refractivity contribution >= 4 is 34.8 Å². The number of aromatic nitrogens is 2. The number of rotatable bonds is 5. The van der Waals surface area contributed by atoms with Crippen molar-refractivity contribution in [1.29, 1.82) is 0 Å². The number of carbonyl (C=O) groups is 3. The number of nitrogens with zero attached hydrogens (tertiary/aromatic N) is 3. The van der Waals surface area contributed by atoms with E-state index in [2.05, 4.69) is 20.6 Å². The largest absolute Gasteiger partial charge is 0.465 e. The zero-order valence-electron chi connectivity index (χ0n) is 15.8. The molecule has 2 heterocycles. The van der Waals surface area contributed by atoms with Gasteiger partial charge in [-0.05, 0) is 26.8 Å². The fraction of sp³-hybridized carbons (Fsp3) is 0.278. The van der Waals surface area contributed by atoms with Gasteiger partial charge < -0.3 is 15.4 Å². The van der Waals surface area contributed by atoms with Crippen molar-refractivity contribution in [3.8, 4) is 0 Å². The number of amides is 2. The first-order valence-corrected chi connectivity index (χ1v) is 8.60. The molecule has 0 radical (unpaired) electrons. The van der Waals surface area contributed by atoms with Gasteiger partial charge in [-0.1, -0.05) is 0 Å². The van der Waals surface area contributed by atoms with Gasteiger partial charge in [0.1, 0.15) is 11.5 Å². The first-order valence-electron chi connectivity index (χ1n) is 8.60. The molecule has 2 aromatic rings. The normalized spacial score (nSPS) is 17.3. The minimum Gasteiger partial charge on any atom is -0.465 e. The molecule has 1 aliphatic rings. The topological polar surface area (TPSA) is 153 Å². The van der Waals surface area contributed by atoms with Gasteiger partial charge in [0, 0.05) is 29.7 Å². The van der Waals surface area contributed by atoms with Gasteiger partial charge in [-0.25, -0.2) is 9.97 Å². The second-order valence-corrected chi connectivity index (χ2v) is 6.44. The van der Waals surface area contributed by atoms with Gasteiger partial charge in [0.15, 0.2) is 5.41 Å². The summed E-state index contributed by atoms with van der Waals surface area (Å²) >= 11 is 0. The Balaban J connectivity index is 2.03.